The molecule has 59 heavy (non-hydrogen) atoms. The van der Waals surface area contributed by atoms with Crippen LogP contribution in [0.2, 0.25) is 0 Å². The van der Waals surface area contributed by atoms with Crippen molar-refractivity contribution < 1.29 is 4.42 Å². The van der Waals surface area contributed by atoms with Crippen molar-refractivity contribution in [1.29, 1.82) is 0 Å². The average molecular weight is 772 g/mol. The molecule has 0 bridgehead atoms. The topological polar surface area (TPSA) is 16.4 Å². The number of thiophene rings is 1. The largest absolute Gasteiger partial charge is 0.454 e. The molecule has 2 heterocycles. The summed E-state index contributed by atoms with van der Waals surface area (Å²) < 4.78 is 9.90. The quantitative estimate of drug-likeness (QED) is 0.167. The molecule has 0 saturated carbocycles. The molecule has 0 fully saturated rings. The van der Waals surface area contributed by atoms with Crippen LogP contribution in [-0.2, 0) is 5.41 Å². The third-order valence-electron chi connectivity index (χ3n) is 12.6. The number of hydrogen-bond acceptors (Lipinski definition) is 3. The van der Waals surface area contributed by atoms with E-state index >= 15 is 0 Å². The normalized spacial score (nSPS) is 13.0. The fraction of sp³-hybridized carbons (Fsp3) is 0.0357. The van der Waals surface area contributed by atoms with Crippen LogP contribution >= 0.6 is 11.3 Å². The lowest BCUT2D eigenvalue weighted by molar-refractivity contribution is 0.638. The Balaban J connectivity index is 1.04. The Morgan fingerprint density at radius 2 is 0.898 bits per heavy atom. The fourth-order valence-corrected chi connectivity index (χ4v) is 11.0. The molecule has 0 unspecified atom stereocenters. The highest BCUT2D eigenvalue weighted by atomic mass is 32.1. The smallest absolute Gasteiger partial charge is 0.159 e. The van der Waals surface area contributed by atoms with Crippen LogP contribution in [0.25, 0.3) is 75.5 Å². The van der Waals surface area contributed by atoms with Gasteiger partial charge in [-0.3, -0.25) is 0 Å². The highest BCUT2D eigenvalue weighted by Crippen LogP contribution is 2.55. The summed E-state index contributed by atoms with van der Waals surface area (Å²) in [6.07, 6.45) is 0. The summed E-state index contributed by atoms with van der Waals surface area (Å²) >= 11 is 1.87. The van der Waals surface area contributed by atoms with Crippen LogP contribution in [0.15, 0.2) is 211 Å². The Hall–Kier alpha value is -7.20. The Bertz CT molecular complexity index is 3350. The van der Waals surface area contributed by atoms with E-state index in [9.17, 15) is 0 Å². The molecule has 278 valence electrons. The summed E-state index contributed by atoms with van der Waals surface area (Å²) in [4.78, 5) is 2.35. The van der Waals surface area contributed by atoms with Gasteiger partial charge in [0.05, 0.1) is 5.69 Å². The zero-order chi connectivity index (χ0) is 39.1. The maximum atomic E-state index is 7.27. The summed E-state index contributed by atoms with van der Waals surface area (Å²) in [6.45, 7) is 2.36. The minimum atomic E-state index is -0.388. The lowest BCUT2D eigenvalue weighted by atomic mass is 9.74. The molecular weight excluding hydrogens is 735 g/mol. The fourth-order valence-electron chi connectivity index (χ4n) is 9.74. The first-order chi connectivity index (χ1) is 29.1. The number of furan rings is 1. The molecule has 0 spiro atoms. The first kappa shape index (κ1) is 33.9. The predicted octanol–water partition coefficient (Wildman–Crippen LogP) is 16.1. The van der Waals surface area contributed by atoms with Crippen LogP contribution in [-0.4, -0.2) is 0 Å². The molecular formula is C56H37NOS. The lowest BCUT2D eigenvalue weighted by Gasteiger charge is -2.28. The Labute approximate surface area is 346 Å². The lowest BCUT2D eigenvalue weighted by Crippen LogP contribution is -2.22. The van der Waals surface area contributed by atoms with Crippen molar-refractivity contribution in [3.05, 3.63) is 223 Å². The molecule has 11 aromatic rings. The van der Waals surface area contributed by atoms with Crippen LogP contribution in [0.5, 0.6) is 0 Å². The number of benzene rings is 9. The van der Waals surface area contributed by atoms with Gasteiger partial charge in [-0.05, 0) is 87.8 Å². The molecule has 0 saturated heterocycles. The van der Waals surface area contributed by atoms with E-state index in [0.29, 0.717) is 0 Å². The number of anilines is 3. The van der Waals surface area contributed by atoms with E-state index < -0.39 is 0 Å². The van der Waals surface area contributed by atoms with Gasteiger partial charge < -0.3 is 9.32 Å². The molecule has 0 amide bonds. The van der Waals surface area contributed by atoms with Crippen molar-refractivity contribution in [2.45, 2.75) is 12.3 Å². The van der Waals surface area contributed by atoms with Gasteiger partial charge in [0, 0.05) is 53.3 Å². The third kappa shape index (κ3) is 5.11. The standard InChI is InChI=1S/C56H37NOS/c1-56(48-23-8-5-16-42(48)43-17-6-9-24-49(43)56)50-25-12-20-45-46-21-13-26-51(54(46)58-53(45)50)57(39-32-28-37(29-33-39)36-14-3-2-4-15-36)40-34-30-38(31-35-40)41-19-11-22-47-44-18-7-10-27-52(44)59-55(41)47/h2-35H,1H3. The highest BCUT2D eigenvalue weighted by molar-refractivity contribution is 7.26. The SMILES string of the molecule is CC1(c2cccc3c2oc2c(N(c4ccc(-c5ccccc5)cc4)c4ccc(-c5cccc6c5sc5ccccc56)cc4)cccc23)c2ccccc2-c2ccccc21. The molecule has 0 N–H and O–H groups in total. The van der Waals surface area contributed by atoms with Crippen LogP contribution < -0.4 is 4.90 Å². The summed E-state index contributed by atoms with van der Waals surface area (Å²) in [5.41, 5.74) is 15.7. The first-order valence-corrected chi connectivity index (χ1v) is 21.1. The molecule has 0 aliphatic heterocycles. The number of rotatable bonds is 6. The number of fused-ring (bicyclic) bond motifs is 9. The van der Waals surface area contributed by atoms with Crippen molar-refractivity contribution in [2.75, 3.05) is 4.90 Å². The van der Waals surface area contributed by atoms with E-state index in [4.69, 9.17) is 4.42 Å². The van der Waals surface area contributed by atoms with Gasteiger partial charge in [-0.25, -0.2) is 0 Å². The van der Waals surface area contributed by atoms with Gasteiger partial charge in [0.2, 0.25) is 0 Å². The molecule has 12 rings (SSSR count). The van der Waals surface area contributed by atoms with E-state index in [2.05, 4.69) is 218 Å². The minimum Gasteiger partial charge on any atom is -0.454 e. The van der Waals surface area contributed by atoms with Crippen molar-refractivity contribution in [2.24, 2.45) is 0 Å². The van der Waals surface area contributed by atoms with E-state index in [1.807, 2.05) is 11.3 Å². The minimum absolute atomic E-state index is 0.388. The van der Waals surface area contributed by atoms with Crippen LogP contribution in [0.4, 0.5) is 17.1 Å². The van der Waals surface area contributed by atoms with E-state index in [0.717, 1.165) is 39.0 Å². The number of nitrogens with zero attached hydrogens (tertiary/aromatic N) is 1. The number of hydrogen-bond donors (Lipinski definition) is 0. The Kier molecular flexibility index (Phi) is 7.57. The van der Waals surface area contributed by atoms with Crippen LogP contribution in [0, 0.1) is 0 Å². The molecule has 9 aromatic carbocycles. The average Bonchev–Trinajstić information content (AvgIpc) is 3.96. The molecule has 2 aromatic heterocycles. The van der Waals surface area contributed by atoms with Gasteiger partial charge in [-0.15, -0.1) is 11.3 Å². The maximum absolute atomic E-state index is 7.27. The van der Waals surface area contributed by atoms with Crippen LogP contribution in [0.3, 0.4) is 0 Å². The molecule has 0 atom stereocenters. The molecule has 1 aliphatic rings. The van der Waals surface area contributed by atoms with Gasteiger partial charge in [0.1, 0.15) is 5.58 Å². The Morgan fingerprint density at radius 1 is 0.390 bits per heavy atom. The van der Waals surface area contributed by atoms with Crippen molar-refractivity contribution in [3.8, 4) is 33.4 Å². The zero-order valence-electron chi connectivity index (χ0n) is 32.4. The van der Waals surface area contributed by atoms with Crippen molar-refractivity contribution in [1.82, 2.24) is 0 Å². The van der Waals surface area contributed by atoms with Crippen LogP contribution in [0.1, 0.15) is 23.6 Å². The van der Waals surface area contributed by atoms with Gasteiger partial charge in [-0.1, -0.05) is 170 Å². The van der Waals surface area contributed by atoms with E-state index in [1.165, 1.54) is 70.2 Å². The Morgan fingerprint density at radius 3 is 1.63 bits per heavy atom. The van der Waals surface area contributed by atoms with Crippen molar-refractivity contribution in [3.63, 3.8) is 0 Å². The maximum Gasteiger partial charge on any atom is 0.159 e. The van der Waals surface area contributed by atoms with E-state index in [1.54, 1.807) is 0 Å². The van der Waals surface area contributed by atoms with E-state index in [-0.39, 0.29) is 5.41 Å². The summed E-state index contributed by atoms with van der Waals surface area (Å²) in [5, 5.41) is 4.84. The monoisotopic (exact) mass is 771 g/mol. The van der Waals surface area contributed by atoms with Crippen molar-refractivity contribution >= 4 is 70.5 Å². The number of para-hydroxylation sites is 2. The molecule has 2 nitrogen and oxygen atoms in total. The highest BCUT2D eigenvalue weighted by Gasteiger charge is 2.42. The van der Waals surface area contributed by atoms with Gasteiger partial charge in [0.25, 0.3) is 0 Å². The third-order valence-corrected chi connectivity index (χ3v) is 13.8. The predicted molar refractivity (Wildman–Crippen MR) is 250 cm³/mol. The second-order valence-corrected chi connectivity index (χ2v) is 16.8. The first-order valence-electron chi connectivity index (χ1n) is 20.3. The molecule has 0 radical (unpaired) electrons. The summed E-state index contributed by atoms with van der Waals surface area (Å²) in [6, 6.07) is 74.9. The zero-order valence-corrected chi connectivity index (χ0v) is 33.2. The molecule has 3 heteroatoms. The summed E-state index contributed by atoms with van der Waals surface area (Å²) in [7, 11) is 0. The molecule has 1 aliphatic carbocycles. The van der Waals surface area contributed by atoms with Gasteiger partial charge in [-0.2, -0.15) is 0 Å². The van der Waals surface area contributed by atoms with Gasteiger partial charge >= 0.3 is 0 Å². The second kappa shape index (κ2) is 13.2. The summed E-state index contributed by atoms with van der Waals surface area (Å²) in [5.74, 6) is 0. The second-order valence-electron chi connectivity index (χ2n) is 15.7. The van der Waals surface area contributed by atoms with Gasteiger partial charge in [0.15, 0.2) is 5.58 Å².